The Morgan fingerprint density at radius 3 is 1.86 bits per heavy atom. The summed E-state index contributed by atoms with van der Waals surface area (Å²) in [4.78, 5) is 2.09. The summed E-state index contributed by atoms with van der Waals surface area (Å²) in [7, 11) is 0. The van der Waals surface area contributed by atoms with E-state index in [1.165, 1.54) is 6.42 Å². The molecule has 1 spiro atoms. The summed E-state index contributed by atoms with van der Waals surface area (Å²) < 4.78 is 87.8. The smallest absolute Gasteiger partial charge is 0.0991 e. The number of para-hydroxylation sites is 1. The number of fused-ring (bicyclic) bond motifs is 3. The van der Waals surface area contributed by atoms with E-state index in [1.54, 1.807) is 18.2 Å². The minimum Gasteiger partial charge on any atom is -0.310 e. The fourth-order valence-electron chi connectivity index (χ4n) is 10.3. The SMILES string of the molecule is [2H]c1c([2H])c([2H])c(-c2ccc3c(c2)C2(c4cc(N(c5ccccc5)c5ccc(C#N)cc5)cc(-c5c([2H])c([2H])c([2H])c([2H])c5[2H])c4-3)C3CC4CC(C3)CC2C4)c([2H])c1[2H]. The van der Waals surface area contributed by atoms with Crippen LogP contribution in [0.2, 0.25) is 0 Å². The summed E-state index contributed by atoms with van der Waals surface area (Å²) in [5.74, 6) is 1.61. The van der Waals surface area contributed by atoms with Gasteiger partial charge in [0, 0.05) is 22.5 Å². The molecule has 6 aromatic rings. The topological polar surface area (TPSA) is 27.0 Å². The van der Waals surface area contributed by atoms with Crippen molar-refractivity contribution in [3.63, 3.8) is 0 Å². The van der Waals surface area contributed by atoms with E-state index < -0.39 is 41.7 Å². The first-order chi connectivity index (χ1) is 28.3. The molecule has 0 saturated heterocycles. The molecule has 0 N–H and O–H groups in total. The highest BCUT2D eigenvalue weighted by Crippen LogP contribution is 2.70. The Morgan fingerprint density at radius 1 is 0.571 bits per heavy atom. The second kappa shape index (κ2) is 11.1. The lowest BCUT2D eigenvalue weighted by molar-refractivity contribution is -0.0399. The standard InChI is InChI=1S/C47H38N2/c48-30-31-16-19-40(20-17-31)49(39-14-8-3-9-15-39)41-28-43(35-12-6-2-7-13-35)46-42-21-18-36(34-10-4-1-5-11-34)27-44(42)47(45(46)29-41)37-23-32-22-33(25-37)26-38(47)24-32/h1-21,27-29,32-33,37-38H,22-26H2/i1D,2D,4D,5D,6D,7D,10D,11D,12D,13D. The van der Waals surface area contributed by atoms with Crippen LogP contribution >= 0.6 is 0 Å². The Labute approximate surface area is 303 Å². The van der Waals surface area contributed by atoms with Gasteiger partial charge in [-0.2, -0.15) is 5.26 Å². The zero-order valence-electron chi connectivity index (χ0n) is 36.8. The number of hydrogen-bond acceptors (Lipinski definition) is 2. The summed E-state index contributed by atoms with van der Waals surface area (Å²) in [6.45, 7) is 0. The van der Waals surface area contributed by atoms with Gasteiger partial charge in [-0.1, -0.05) is 90.8 Å². The Balaban J connectivity index is 1.34. The Bertz CT molecular complexity index is 2730. The highest BCUT2D eigenvalue weighted by molar-refractivity contribution is 5.97. The van der Waals surface area contributed by atoms with E-state index in [0.717, 1.165) is 65.0 Å². The van der Waals surface area contributed by atoms with E-state index in [9.17, 15) is 8.00 Å². The minimum absolute atomic E-state index is 0.100. The molecule has 11 rings (SSSR count). The van der Waals surface area contributed by atoms with Gasteiger partial charge in [-0.25, -0.2) is 0 Å². The summed E-state index contributed by atoms with van der Waals surface area (Å²) in [6.07, 6.45) is 5.25. The molecule has 4 bridgehead atoms. The summed E-state index contributed by atoms with van der Waals surface area (Å²) in [5, 5.41) is 9.68. The van der Waals surface area contributed by atoms with Crippen LogP contribution in [0.5, 0.6) is 0 Å². The third-order valence-corrected chi connectivity index (χ3v) is 11.8. The van der Waals surface area contributed by atoms with Crippen molar-refractivity contribution in [1.82, 2.24) is 0 Å². The lowest BCUT2D eigenvalue weighted by atomic mass is 9.43. The first-order valence-electron chi connectivity index (χ1n) is 22.2. The average molecular weight is 641 g/mol. The van der Waals surface area contributed by atoms with E-state index in [-0.39, 0.29) is 47.1 Å². The van der Waals surface area contributed by atoms with Gasteiger partial charge in [0.2, 0.25) is 0 Å². The number of benzene rings is 6. The fraction of sp³-hybridized carbons (Fsp3) is 0.213. The maximum atomic E-state index is 9.68. The van der Waals surface area contributed by atoms with Gasteiger partial charge >= 0.3 is 0 Å². The molecule has 2 nitrogen and oxygen atoms in total. The van der Waals surface area contributed by atoms with Crippen LogP contribution in [0.15, 0.2) is 145 Å². The predicted molar refractivity (Wildman–Crippen MR) is 200 cm³/mol. The molecular formula is C47H38N2. The third kappa shape index (κ3) is 4.32. The molecular weight excluding hydrogens is 593 g/mol. The van der Waals surface area contributed by atoms with Gasteiger partial charge in [-0.05, 0) is 155 Å². The first kappa shape index (κ1) is 20.2. The zero-order chi connectivity index (χ0) is 41.2. The molecule has 0 aliphatic heterocycles. The molecule has 0 amide bonds. The zero-order valence-corrected chi connectivity index (χ0v) is 26.8. The van der Waals surface area contributed by atoms with Gasteiger partial charge in [-0.3, -0.25) is 0 Å². The van der Waals surface area contributed by atoms with Crippen LogP contribution < -0.4 is 4.90 Å². The summed E-state index contributed by atoms with van der Waals surface area (Å²) in [5.41, 5.74) is 7.24. The second-order valence-corrected chi connectivity index (χ2v) is 14.2. The van der Waals surface area contributed by atoms with Gasteiger partial charge in [-0.15, -0.1) is 0 Å². The lowest BCUT2D eigenvalue weighted by Crippen LogP contribution is -2.55. The van der Waals surface area contributed by atoms with Crippen LogP contribution in [0, 0.1) is 35.0 Å². The van der Waals surface area contributed by atoms with E-state index >= 15 is 0 Å². The number of nitriles is 1. The maximum absolute atomic E-state index is 9.68. The van der Waals surface area contributed by atoms with E-state index in [2.05, 4.69) is 17.0 Å². The molecule has 236 valence electrons. The highest BCUT2D eigenvalue weighted by Gasteiger charge is 2.62. The Kier molecular flexibility index (Phi) is 4.57. The normalized spacial score (nSPS) is 26.8. The van der Waals surface area contributed by atoms with Gasteiger partial charge in [0.05, 0.1) is 25.3 Å². The van der Waals surface area contributed by atoms with Crippen LogP contribution in [0.25, 0.3) is 33.4 Å². The second-order valence-electron chi connectivity index (χ2n) is 14.2. The largest absolute Gasteiger partial charge is 0.310 e. The van der Waals surface area contributed by atoms with Crippen LogP contribution in [-0.4, -0.2) is 0 Å². The van der Waals surface area contributed by atoms with Crippen molar-refractivity contribution in [3.8, 4) is 39.4 Å². The molecule has 0 aromatic heterocycles. The quantitative estimate of drug-likeness (QED) is 0.187. The molecule has 4 fully saturated rings. The molecule has 5 aliphatic rings. The third-order valence-electron chi connectivity index (χ3n) is 11.8. The molecule has 0 atom stereocenters. The van der Waals surface area contributed by atoms with Crippen molar-refractivity contribution in [3.05, 3.63) is 162 Å². The van der Waals surface area contributed by atoms with Gasteiger partial charge in [0.15, 0.2) is 0 Å². The number of nitrogens with zero attached hydrogens (tertiary/aromatic N) is 2. The van der Waals surface area contributed by atoms with Gasteiger partial charge < -0.3 is 4.90 Å². The van der Waals surface area contributed by atoms with Crippen LogP contribution in [0.3, 0.4) is 0 Å². The predicted octanol–water partition coefficient (Wildman–Crippen LogP) is 12.1. The lowest BCUT2D eigenvalue weighted by Gasteiger charge is -2.61. The van der Waals surface area contributed by atoms with E-state index in [1.807, 2.05) is 60.7 Å². The minimum atomic E-state index is -0.563. The van der Waals surface area contributed by atoms with Crippen molar-refractivity contribution in [2.45, 2.75) is 37.5 Å². The molecule has 6 aromatic carbocycles. The van der Waals surface area contributed by atoms with Gasteiger partial charge in [0.1, 0.15) is 0 Å². The molecule has 0 unspecified atom stereocenters. The summed E-state index contributed by atoms with van der Waals surface area (Å²) >= 11 is 0. The molecule has 0 heterocycles. The highest BCUT2D eigenvalue weighted by atomic mass is 15.1. The monoisotopic (exact) mass is 640 g/mol. The van der Waals surface area contributed by atoms with E-state index in [4.69, 9.17) is 11.0 Å². The molecule has 4 saturated carbocycles. The molecule has 5 aliphatic carbocycles. The van der Waals surface area contributed by atoms with Crippen molar-refractivity contribution in [2.75, 3.05) is 4.90 Å². The summed E-state index contributed by atoms with van der Waals surface area (Å²) in [6, 6.07) is 25.6. The Hall–Kier alpha value is -5.39. The molecule has 49 heavy (non-hydrogen) atoms. The van der Waals surface area contributed by atoms with Crippen LogP contribution in [0.4, 0.5) is 17.1 Å². The molecule has 2 heteroatoms. The average Bonchev–Trinajstić information content (AvgIpc) is 3.53. The number of hydrogen-bond donors (Lipinski definition) is 0. The fourth-order valence-corrected chi connectivity index (χ4v) is 10.3. The molecule has 0 radical (unpaired) electrons. The van der Waals surface area contributed by atoms with Crippen LogP contribution in [-0.2, 0) is 5.41 Å². The van der Waals surface area contributed by atoms with Crippen molar-refractivity contribution in [2.24, 2.45) is 23.7 Å². The van der Waals surface area contributed by atoms with Crippen molar-refractivity contribution >= 4 is 17.1 Å². The van der Waals surface area contributed by atoms with Crippen molar-refractivity contribution in [1.29, 1.82) is 5.26 Å². The number of anilines is 3. The first-order valence-corrected chi connectivity index (χ1v) is 17.2. The van der Waals surface area contributed by atoms with Crippen molar-refractivity contribution < 1.29 is 13.7 Å². The van der Waals surface area contributed by atoms with E-state index in [0.29, 0.717) is 28.5 Å². The maximum Gasteiger partial charge on any atom is 0.0991 e. The number of rotatable bonds is 5. The Morgan fingerprint density at radius 2 is 1.20 bits per heavy atom. The van der Waals surface area contributed by atoms with Crippen LogP contribution in [0.1, 0.15) is 62.5 Å². The van der Waals surface area contributed by atoms with Gasteiger partial charge in [0.25, 0.3) is 0 Å².